The van der Waals surface area contributed by atoms with E-state index in [0.717, 1.165) is 10.9 Å². The number of hydrogen-bond acceptors (Lipinski definition) is 4. The predicted octanol–water partition coefficient (Wildman–Crippen LogP) is 2.93. The van der Waals surface area contributed by atoms with Crippen molar-refractivity contribution in [1.29, 1.82) is 0 Å². The van der Waals surface area contributed by atoms with E-state index in [-0.39, 0.29) is 5.97 Å². The molecule has 0 aliphatic rings. The first-order valence-electron chi connectivity index (χ1n) is 5.41. The molecule has 1 aromatic heterocycles. The Morgan fingerprint density at radius 3 is 2.88 bits per heavy atom. The second kappa shape index (κ2) is 4.49. The average molecular weight is 234 g/mol. The van der Waals surface area contributed by atoms with Crippen LogP contribution in [0.2, 0.25) is 0 Å². The van der Waals surface area contributed by atoms with Crippen LogP contribution in [0, 0.1) is 6.92 Å². The van der Waals surface area contributed by atoms with Crippen LogP contribution in [-0.4, -0.2) is 19.7 Å². The summed E-state index contributed by atoms with van der Waals surface area (Å²) in [5.74, 6) is 0.105. The Hall–Kier alpha value is -1.97. The fraction of sp³-hybridized carbons (Fsp3) is 0.308. The van der Waals surface area contributed by atoms with Crippen molar-refractivity contribution < 1.29 is 18.7 Å². The maximum atomic E-state index is 11.9. The van der Waals surface area contributed by atoms with Crippen molar-refractivity contribution in [3.05, 3.63) is 29.5 Å². The van der Waals surface area contributed by atoms with Crippen LogP contribution >= 0.6 is 0 Å². The highest BCUT2D eigenvalue weighted by Crippen LogP contribution is 2.31. The van der Waals surface area contributed by atoms with Crippen molar-refractivity contribution in [1.82, 2.24) is 0 Å². The predicted molar refractivity (Wildman–Crippen MR) is 63.5 cm³/mol. The fourth-order valence-corrected chi connectivity index (χ4v) is 1.87. The van der Waals surface area contributed by atoms with Crippen molar-refractivity contribution >= 4 is 16.9 Å². The summed E-state index contributed by atoms with van der Waals surface area (Å²) in [6.07, 6.45) is 1.59. The minimum atomic E-state index is -0.370. The van der Waals surface area contributed by atoms with Crippen LogP contribution in [0.3, 0.4) is 0 Å². The highest BCUT2D eigenvalue weighted by Gasteiger charge is 2.20. The summed E-state index contributed by atoms with van der Waals surface area (Å²) in [6, 6.07) is 3.53. The number of rotatable bonds is 3. The van der Waals surface area contributed by atoms with Gasteiger partial charge in [-0.1, -0.05) is 0 Å². The first kappa shape index (κ1) is 11.5. The number of aryl methyl sites for hydroxylation is 1. The lowest BCUT2D eigenvalue weighted by Crippen LogP contribution is -2.09. The molecule has 0 bridgehead atoms. The van der Waals surface area contributed by atoms with Gasteiger partial charge in [0.05, 0.1) is 20.0 Å². The van der Waals surface area contributed by atoms with Crippen LogP contribution in [0.1, 0.15) is 22.8 Å². The molecule has 0 radical (unpaired) electrons. The summed E-state index contributed by atoms with van der Waals surface area (Å²) in [7, 11) is 1.52. The second-order valence-corrected chi connectivity index (χ2v) is 3.63. The van der Waals surface area contributed by atoms with Crippen LogP contribution in [0.5, 0.6) is 5.75 Å². The number of hydrogen-bond donors (Lipinski definition) is 0. The van der Waals surface area contributed by atoms with Gasteiger partial charge in [-0.15, -0.1) is 0 Å². The Morgan fingerprint density at radius 1 is 1.47 bits per heavy atom. The van der Waals surface area contributed by atoms with Crippen LogP contribution in [-0.2, 0) is 4.74 Å². The maximum absolute atomic E-state index is 11.9. The number of furan rings is 1. The molecule has 0 amide bonds. The van der Waals surface area contributed by atoms with Gasteiger partial charge < -0.3 is 13.9 Å². The third kappa shape index (κ3) is 1.86. The summed E-state index contributed by atoms with van der Waals surface area (Å²) >= 11 is 0. The number of ether oxygens (including phenoxy) is 2. The lowest BCUT2D eigenvalue weighted by atomic mass is 10.0. The van der Waals surface area contributed by atoms with Gasteiger partial charge in [0, 0.05) is 11.5 Å². The van der Waals surface area contributed by atoms with Gasteiger partial charge >= 0.3 is 5.97 Å². The van der Waals surface area contributed by atoms with E-state index in [4.69, 9.17) is 13.9 Å². The molecule has 0 N–H and O–H groups in total. The Bertz CT molecular complexity index is 554. The minimum absolute atomic E-state index is 0.338. The van der Waals surface area contributed by atoms with Crippen molar-refractivity contribution in [3.63, 3.8) is 0 Å². The third-order valence-electron chi connectivity index (χ3n) is 2.68. The van der Waals surface area contributed by atoms with Crippen LogP contribution in [0.4, 0.5) is 0 Å². The first-order chi connectivity index (χ1) is 8.19. The van der Waals surface area contributed by atoms with Crippen LogP contribution in [0.25, 0.3) is 11.0 Å². The molecule has 0 unspecified atom stereocenters. The SMILES string of the molecule is CCOC(=O)c1c(OC)cc2occc2c1C. The van der Waals surface area contributed by atoms with Crippen LogP contribution in [0.15, 0.2) is 22.8 Å². The van der Waals surface area contributed by atoms with E-state index in [1.165, 1.54) is 7.11 Å². The zero-order valence-corrected chi connectivity index (χ0v) is 10.1. The van der Waals surface area contributed by atoms with E-state index >= 15 is 0 Å². The summed E-state index contributed by atoms with van der Waals surface area (Å²) in [4.78, 5) is 11.9. The van der Waals surface area contributed by atoms with E-state index in [0.29, 0.717) is 23.5 Å². The summed E-state index contributed by atoms with van der Waals surface area (Å²) in [5, 5.41) is 0.897. The second-order valence-electron chi connectivity index (χ2n) is 3.63. The summed E-state index contributed by atoms with van der Waals surface area (Å²) < 4.78 is 15.5. The molecule has 0 aliphatic carbocycles. The molecule has 0 fully saturated rings. The number of methoxy groups -OCH3 is 1. The van der Waals surface area contributed by atoms with Gasteiger partial charge in [0.1, 0.15) is 16.9 Å². The molecule has 1 heterocycles. The average Bonchev–Trinajstić information content (AvgIpc) is 2.77. The highest BCUT2D eigenvalue weighted by atomic mass is 16.5. The molecule has 0 saturated carbocycles. The lowest BCUT2D eigenvalue weighted by Gasteiger charge is -2.11. The molecule has 1 aromatic carbocycles. The minimum Gasteiger partial charge on any atom is -0.496 e. The van der Waals surface area contributed by atoms with Gasteiger partial charge in [0.2, 0.25) is 0 Å². The Labute approximate surface area is 99.1 Å². The molecule has 17 heavy (non-hydrogen) atoms. The van der Waals surface area contributed by atoms with Gasteiger partial charge in [0.15, 0.2) is 0 Å². The molecule has 0 atom stereocenters. The van der Waals surface area contributed by atoms with Gasteiger partial charge in [-0.3, -0.25) is 0 Å². The molecule has 2 rings (SSSR count). The zero-order chi connectivity index (χ0) is 12.4. The monoisotopic (exact) mass is 234 g/mol. The lowest BCUT2D eigenvalue weighted by molar-refractivity contribution is 0.0522. The zero-order valence-electron chi connectivity index (χ0n) is 10.1. The van der Waals surface area contributed by atoms with E-state index in [9.17, 15) is 4.79 Å². The number of fused-ring (bicyclic) bond motifs is 1. The molecular formula is C13H14O4. The van der Waals surface area contributed by atoms with E-state index in [2.05, 4.69) is 0 Å². The van der Waals surface area contributed by atoms with E-state index < -0.39 is 0 Å². The quantitative estimate of drug-likeness (QED) is 0.766. The highest BCUT2D eigenvalue weighted by molar-refractivity contribution is 6.00. The number of esters is 1. The topological polar surface area (TPSA) is 48.7 Å². The fourth-order valence-electron chi connectivity index (χ4n) is 1.87. The Kier molecular flexibility index (Phi) is 3.04. The third-order valence-corrected chi connectivity index (χ3v) is 2.68. The largest absolute Gasteiger partial charge is 0.496 e. The maximum Gasteiger partial charge on any atom is 0.342 e. The Balaban J connectivity index is 2.65. The molecule has 4 nitrogen and oxygen atoms in total. The molecule has 2 aromatic rings. The standard InChI is InChI=1S/C13H14O4/c1-4-16-13(14)12-8(2)9-5-6-17-10(9)7-11(12)15-3/h5-7H,4H2,1-3H3. The van der Waals surface area contributed by atoms with Crippen molar-refractivity contribution in [2.45, 2.75) is 13.8 Å². The normalized spacial score (nSPS) is 10.5. The Morgan fingerprint density at radius 2 is 2.24 bits per heavy atom. The smallest absolute Gasteiger partial charge is 0.342 e. The van der Waals surface area contributed by atoms with Crippen molar-refractivity contribution in [2.24, 2.45) is 0 Å². The van der Waals surface area contributed by atoms with Gasteiger partial charge in [-0.25, -0.2) is 4.79 Å². The van der Waals surface area contributed by atoms with Crippen molar-refractivity contribution in [2.75, 3.05) is 13.7 Å². The molecule has 90 valence electrons. The summed E-state index contributed by atoms with van der Waals surface area (Å²) in [5.41, 5.74) is 1.97. The molecule has 0 spiro atoms. The van der Waals surface area contributed by atoms with E-state index in [1.807, 2.05) is 13.0 Å². The van der Waals surface area contributed by atoms with Crippen molar-refractivity contribution in [3.8, 4) is 5.75 Å². The number of carbonyl (C=O) groups is 1. The van der Waals surface area contributed by atoms with E-state index in [1.54, 1.807) is 19.3 Å². The van der Waals surface area contributed by atoms with Gasteiger partial charge in [-0.05, 0) is 25.5 Å². The van der Waals surface area contributed by atoms with Crippen LogP contribution < -0.4 is 4.74 Å². The number of carbonyl (C=O) groups excluding carboxylic acids is 1. The molecule has 4 heteroatoms. The summed E-state index contributed by atoms with van der Waals surface area (Å²) in [6.45, 7) is 3.97. The first-order valence-corrected chi connectivity index (χ1v) is 5.41. The molecular weight excluding hydrogens is 220 g/mol. The number of benzene rings is 1. The molecule has 0 aliphatic heterocycles. The van der Waals surface area contributed by atoms with Gasteiger partial charge in [-0.2, -0.15) is 0 Å². The molecule has 0 saturated heterocycles. The van der Waals surface area contributed by atoms with Gasteiger partial charge in [0.25, 0.3) is 0 Å².